The van der Waals surface area contributed by atoms with Gasteiger partial charge in [-0.2, -0.15) is 0 Å². The fourth-order valence-electron chi connectivity index (χ4n) is 2.48. The van der Waals surface area contributed by atoms with Crippen LogP contribution in [0.4, 0.5) is 5.69 Å². The fraction of sp³-hybridized carbons (Fsp3) is 0.571. The van der Waals surface area contributed by atoms with Crippen LogP contribution in [0.25, 0.3) is 0 Å². The van der Waals surface area contributed by atoms with Crippen molar-refractivity contribution < 1.29 is 4.79 Å². The van der Waals surface area contributed by atoms with E-state index in [-0.39, 0.29) is 5.91 Å². The summed E-state index contributed by atoms with van der Waals surface area (Å²) in [5, 5.41) is 3.00. The van der Waals surface area contributed by atoms with Gasteiger partial charge < -0.3 is 10.2 Å². The lowest BCUT2D eigenvalue weighted by Crippen LogP contribution is -2.53. The van der Waals surface area contributed by atoms with Gasteiger partial charge in [0.2, 0.25) is 0 Å². The maximum absolute atomic E-state index is 12.4. The maximum Gasteiger partial charge on any atom is 0.272 e. The second kappa shape index (κ2) is 6.02. The van der Waals surface area contributed by atoms with Gasteiger partial charge in [-0.05, 0) is 25.6 Å². The van der Waals surface area contributed by atoms with Crippen molar-refractivity contribution >= 4 is 11.6 Å². The molecule has 0 bridgehead atoms. The number of anilines is 1. The maximum atomic E-state index is 12.4. The highest BCUT2D eigenvalue weighted by Gasteiger charge is 2.26. The molecule has 1 atom stereocenters. The molecule has 1 fully saturated rings. The molecular weight excluding hydrogens is 240 g/mol. The van der Waals surface area contributed by atoms with Gasteiger partial charge >= 0.3 is 0 Å². The zero-order valence-corrected chi connectivity index (χ0v) is 11.9. The van der Waals surface area contributed by atoms with E-state index in [1.54, 1.807) is 12.3 Å². The van der Waals surface area contributed by atoms with Gasteiger partial charge in [-0.25, -0.2) is 4.98 Å². The predicted molar refractivity (Wildman–Crippen MR) is 76.4 cm³/mol. The number of carbonyl (C=O) groups is 1. The largest absolute Gasteiger partial charge is 0.387 e. The van der Waals surface area contributed by atoms with Gasteiger partial charge in [0.25, 0.3) is 5.91 Å². The smallest absolute Gasteiger partial charge is 0.272 e. The third-order valence-electron chi connectivity index (χ3n) is 3.73. The number of rotatable bonds is 3. The third-order valence-corrected chi connectivity index (χ3v) is 3.73. The van der Waals surface area contributed by atoms with E-state index < -0.39 is 0 Å². The molecule has 0 aromatic carbocycles. The topological polar surface area (TPSA) is 48.5 Å². The molecule has 19 heavy (non-hydrogen) atoms. The minimum Gasteiger partial charge on any atom is -0.387 e. The Morgan fingerprint density at radius 3 is 2.79 bits per heavy atom. The molecule has 0 radical (unpaired) electrons. The van der Waals surface area contributed by atoms with Crippen LogP contribution >= 0.6 is 0 Å². The number of hydrogen-bond donors (Lipinski definition) is 1. The summed E-state index contributed by atoms with van der Waals surface area (Å²) >= 11 is 0. The average molecular weight is 262 g/mol. The number of likely N-dealkylation sites (N-methyl/N-ethyl adjacent to an activating group) is 1. The SMILES string of the molecule is CCN1CCN(C(=O)c2ccc(NC)cn2)CC1C. The average Bonchev–Trinajstić information content (AvgIpc) is 2.46. The molecule has 5 heteroatoms. The lowest BCUT2D eigenvalue weighted by Gasteiger charge is -2.39. The van der Waals surface area contributed by atoms with Crippen molar-refractivity contribution in [1.82, 2.24) is 14.8 Å². The zero-order chi connectivity index (χ0) is 13.8. The van der Waals surface area contributed by atoms with Crippen LogP contribution in [0, 0.1) is 0 Å². The van der Waals surface area contributed by atoms with Crippen molar-refractivity contribution in [3.05, 3.63) is 24.0 Å². The lowest BCUT2D eigenvalue weighted by atomic mass is 10.1. The summed E-state index contributed by atoms with van der Waals surface area (Å²) < 4.78 is 0. The first-order valence-corrected chi connectivity index (χ1v) is 6.82. The molecule has 1 unspecified atom stereocenters. The van der Waals surface area contributed by atoms with E-state index in [1.165, 1.54) is 0 Å². The first-order valence-electron chi connectivity index (χ1n) is 6.82. The zero-order valence-electron chi connectivity index (χ0n) is 11.9. The Kier molecular flexibility index (Phi) is 4.37. The van der Waals surface area contributed by atoms with Crippen molar-refractivity contribution in [3.63, 3.8) is 0 Å². The first-order chi connectivity index (χ1) is 9.15. The van der Waals surface area contributed by atoms with Gasteiger partial charge in [-0.1, -0.05) is 6.92 Å². The van der Waals surface area contributed by atoms with E-state index in [1.807, 2.05) is 18.0 Å². The van der Waals surface area contributed by atoms with Crippen LogP contribution in [0.5, 0.6) is 0 Å². The van der Waals surface area contributed by atoms with Gasteiger partial charge in [0.15, 0.2) is 0 Å². The second-order valence-corrected chi connectivity index (χ2v) is 4.91. The Labute approximate surface area is 114 Å². The standard InChI is InChI=1S/C14H22N4O/c1-4-17-7-8-18(10-11(17)2)14(19)13-6-5-12(15-3)9-16-13/h5-6,9,11,15H,4,7-8,10H2,1-3H3. The molecule has 2 heterocycles. The minimum absolute atomic E-state index is 0.0326. The van der Waals surface area contributed by atoms with Crippen molar-refractivity contribution in [2.75, 3.05) is 38.5 Å². The van der Waals surface area contributed by atoms with Crippen LogP contribution < -0.4 is 5.32 Å². The van der Waals surface area contributed by atoms with Crippen LogP contribution in [0.2, 0.25) is 0 Å². The molecule has 0 spiro atoms. The van der Waals surface area contributed by atoms with Gasteiger partial charge in [-0.15, -0.1) is 0 Å². The van der Waals surface area contributed by atoms with Gasteiger partial charge in [0.05, 0.1) is 11.9 Å². The molecule has 5 nitrogen and oxygen atoms in total. The van der Waals surface area contributed by atoms with Crippen molar-refractivity contribution in [3.8, 4) is 0 Å². The van der Waals surface area contributed by atoms with E-state index in [0.717, 1.165) is 31.9 Å². The Morgan fingerprint density at radius 1 is 1.47 bits per heavy atom. The van der Waals surface area contributed by atoms with E-state index in [4.69, 9.17) is 0 Å². The highest BCUT2D eigenvalue weighted by Crippen LogP contribution is 2.13. The molecule has 1 aliphatic rings. The number of piperazine rings is 1. The predicted octanol–water partition coefficient (Wildman–Crippen LogP) is 1.29. The molecule has 0 aliphatic carbocycles. The summed E-state index contributed by atoms with van der Waals surface area (Å²) in [7, 11) is 1.84. The quantitative estimate of drug-likeness (QED) is 0.891. The summed E-state index contributed by atoms with van der Waals surface area (Å²) in [6, 6.07) is 4.08. The number of pyridine rings is 1. The first kappa shape index (κ1) is 13.8. The third kappa shape index (κ3) is 3.04. The molecule has 104 valence electrons. The number of nitrogens with zero attached hydrogens (tertiary/aromatic N) is 3. The second-order valence-electron chi connectivity index (χ2n) is 4.91. The molecule has 1 aromatic rings. The number of amides is 1. The highest BCUT2D eigenvalue weighted by atomic mass is 16.2. The summed E-state index contributed by atoms with van der Waals surface area (Å²) in [6.45, 7) is 7.87. The van der Waals surface area contributed by atoms with Crippen LogP contribution in [-0.2, 0) is 0 Å². The Balaban J connectivity index is 2.03. The van der Waals surface area contributed by atoms with Gasteiger partial charge in [0.1, 0.15) is 5.69 Å². The number of hydrogen-bond acceptors (Lipinski definition) is 4. The molecular formula is C14H22N4O. The summed E-state index contributed by atoms with van der Waals surface area (Å²) in [6.07, 6.45) is 1.69. The van der Waals surface area contributed by atoms with Gasteiger partial charge in [-0.3, -0.25) is 9.69 Å². The van der Waals surface area contributed by atoms with Crippen molar-refractivity contribution in [2.45, 2.75) is 19.9 Å². The van der Waals surface area contributed by atoms with Gasteiger partial charge in [0, 0.05) is 32.7 Å². The van der Waals surface area contributed by atoms with E-state index in [2.05, 4.69) is 29.0 Å². The monoisotopic (exact) mass is 262 g/mol. The lowest BCUT2D eigenvalue weighted by molar-refractivity contribution is 0.0523. The molecule has 1 N–H and O–H groups in total. The van der Waals surface area contributed by atoms with Crippen molar-refractivity contribution in [2.24, 2.45) is 0 Å². The molecule has 1 saturated heterocycles. The number of nitrogens with one attached hydrogen (secondary N) is 1. The summed E-state index contributed by atoms with van der Waals surface area (Å²) in [5.74, 6) is 0.0326. The summed E-state index contributed by atoms with van der Waals surface area (Å²) in [5.41, 5.74) is 1.44. The van der Waals surface area contributed by atoms with Crippen LogP contribution in [0.3, 0.4) is 0 Å². The Hall–Kier alpha value is -1.62. The number of aromatic nitrogens is 1. The highest BCUT2D eigenvalue weighted by molar-refractivity contribution is 5.92. The number of carbonyl (C=O) groups excluding carboxylic acids is 1. The van der Waals surface area contributed by atoms with E-state index >= 15 is 0 Å². The molecule has 2 rings (SSSR count). The Bertz CT molecular complexity index is 432. The van der Waals surface area contributed by atoms with Crippen LogP contribution in [-0.4, -0.2) is 60.0 Å². The van der Waals surface area contributed by atoms with Crippen LogP contribution in [0.1, 0.15) is 24.3 Å². The fourth-order valence-corrected chi connectivity index (χ4v) is 2.48. The molecule has 0 saturated carbocycles. The summed E-state index contributed by atoms with van der Waals surface area (Å²) in [4.78, 5) is 20.9. The van der Waals surface area contributed by atoms with E-state index in [9.17, 15) is 4.79 Å². The molecule has 1 aliphatic heterocycles. The molecule has 1 amide bonds. The minimum atomic E-state index is 0.0326. The normalized spacial score (nSPS) is 20.4. The van der Waals surface area contributed by atoms with Crippen LogP contribution in [0.15, 0.2) is 18.3 Å². The van der Waals surface area contributed by atoms with Crippen molar-refractivity contribution in [1.29, 1.82) is 0 Å². The van der Waals surface area contributed by atoms with E-state index in [0.29, 0.717) is 11.7 Å². The molecule has 1 aromatic heterocycles. The Morgan fingerprint density at radius 2 is 2.26 bits per heavy atom.